The van der Waals surface area contributed by atoms with Crippen molar-refractivity contribution in [3.05, 3.63) is 34.1 Å². The van der Waals surface area contributed by atoms with Gasteiger partial charge in [0.1, 0.15) is 11.6 Å². The average molecular weight is 302 g/mol. The number of rotatable bonds is 5. The van der Waals surface area contributed by atoms with Crippen LogP contribution >= 0.6 is 15.9 Å². The molecule has 0 heterocycles. The molecule has 0 radical (unpaired) electrons. The van der Waals surface area contributed by atoms with Crippen LogP contribution < -0.4 is 5.73 Å². The van der Waals surface area contributed by atoms with E-state index in [4.69, 9.17) is 5.73 Å². The molecule has 0 fully saturated rings. The van der Waals surface area contributed by atoms with Gasteiger partial charge in [-0.05, 0) is 53.9 Å². The predicted octanol–water partition coefficient (Wildman–Crippen LogP) is 3.22. The van der Waals surface area contributed by atoms with E-state index in [1.165, 1.54) is 6.07 Å². The summed E-state index contributed by atoms with van der Waals surface area (Å²) in [6, 6.07) is 4.63. The fourth-order valence-corrected chi connectivity index (χ4v) is 1.85. The first-order valence-corrected chi connectivity index (χ1v) is 6.32. The number of carbonyl (C=O) groups is 1. The molecule has 0 amide bonds. The molecule has 0 saturated heterocycles. The molecule has 1 aromatic carbocycles. The molecule has 0 aliphatic rings. The van der Waals surface area contributed by atoms with Crippen molar-refractivity contribution in [2.24, 2.45) is 5.73 Å². The number of carbonyl (C=O) groups excluding carboxylic acids is 1. The zero-order valence-corrected chi connectivity index (χ0v) is 11.7. The second-order valence-electron chi connectivity index (χ2n) is 4.95. The van der Waals surface area contributed by atoms with Gasteiger partial charge in [0.25, 0.3) is 0 Å². The number of hydrogen-bond donors (Lipinski definition) is 1. The first kappa shape index (κ1) is 14.3. The Morgan fingerprint density at radius 1 is 1.47 bits per heavy atom. The normalized spacial score (nSPS) is 11.6. The Kier molecular flexibility index (Phi) is 4.83. The number of ketones is 1. The van der Waals surface area contributed by atoms with Crippen LogP contribution in [0.3, 0.4) is 0 Å². The molecular formula is C13H17BrFNO. The molecular weight excluding hydrogens is 285 g/mol. The highest BCUT2D eigenvalue weighted by Gasteiger charge is 2.13. The van der Waals surface area contributed by atoms with E-state index in [1.54, 1.807) is 12.1 Å². The Morgan fingerprint density at radius 2 is 2.12 bits per heavy atom. The fourth-order valence-electron chi connectivity index (χ4n) is 1.43. The van der Waals surface area contributed by atoms with Crippen molar-refractivity contribution in [2.45, 2.75) is 38.6 Å². The minimum absolute atomic E-state index is 0.127. The van der Waals surface area contributed by atoms with Gasteiger partial charge in [-0.15, -0.1) is 0 Å². The summed E-state index contributed by atoms with van der Waals surface area (Å²) in [5, 5.41) is 0. The van der Waals surface area contributed by atoms with Crippen LogP contribution in [0.15, 0.2) is 22.7 Å². The fraction of sp³-hybridized carbons (Fsp3) is 0.462. The maximum Gasteiger partial charge on any atom is 0.137 e. The lowest BCUT2D eigenvalue weighted by Gasteiger charge is -2.17. The van der Waals surface area contributed by atoms with E-state index in [1.807, 2.05) is 13.8 Å². The quantitative estimate of drug-likeness (QED) is 0.907. The van der Waals surface area contributed by atoms with Crippen LogP contribution in [0, 0.1) is 5.82 Å². The summed E-state index contributed by atoms with van der Waals surface area (Å²) >= 11 is 3.10. The van der Waals surface area contributed by atoms with E-state index in [0.717, 1.165) is 5.56 Å². The van der Waals surface area contributed by atoms with Crippen molar-refractivity contribution < 1.29 is 9.18 Å². The van der Waals surface area contributed by atoms with Crippen LogP contribution in [0.5, 0.6) is 0 Å². The third-order valence-electron chi connectivity index (χ3n) is 2.43. The Labute approximate surface area is 110 Å². The lowest BCUT2D eigenvalue weighted by atomic mass is 9.96. The molecule has 4 heteroatoms. The molecule has 0 bridgehead atoms. The first-order valence-electron chi connectivity index (χ1n) is 5.52. The van der Waals surface area contributed by atoms with Gasteiger partial charge in [0.05, 0.1) is 4.47 Å². The van der Waals surface area contributed by atoms with Crippen LogP contribution in [0.25, 0.3) is 0 Å². The van der Waals surface area contributed by atoms with Gasteiger partial charge in [0, 0.05) is 18.4 Å². The summed E-state index contributed by atoms with van der Waals surface area (Å²) in [4.78, 5) is 11.7. The van der Waals surface area contributed by atoms with Gasteiger partial charge in [-0.25, -0.2) is 4.39 Å². The summed E-state index contributed by atoms with van der Waals surface area (Å²) in [7, 11) is 0. The predicted molar refractivity (Wildman–Crippen MR) is 70.3 cm³/mol. The van der Waals surface area contributed by atoms with Gasteiger partial charge in [0.15, 0.2) is 0 Å². The lowest BCUT2D eigenvalue weighted by Crippen LogP contribution is -2.32. The van der Waals surface area contributed by atoms with E-state index >= 15 is 0 Å². The van der Waals surface area contributed by atoms with Crippen LogP contribution in [0.2, 0.25) is 0 Å². The largest absolute Gasteiger partial charge is 0.326 e. The maximum absolute atomic E-state index is 13.0. The molecule has 0 spiro atoms. The number of benzene rings is 1. The number of hydrogen-bond acceptors (Lipinski definition) is 2. The third kappa shape index (κ3) is 5.41. The Morgan fingerprint density at radius 3 is 2.65 bits per heavy atom. The molecule has 0 atom stereocenters. The summed E-state index contributed by atoms with van der Waals surface area (Å²) in [6.07, 6.45) is 1.45. The van der Waals surface area contributed by atoms with E-state index in [9.17, 15) is 9.18 Å². The zero-order valence-electron chi connectivity index (χ0n) is 10.1. The van der Waals surface area contributed by atoms with Crippen LogP contribution in [0.4, 0.5) is 4.39 Å². The standard InChI is InChI=1S/C13H17BrFNO/c1-13(2,16)6-5-10(17)7-9-3-4-12(15)11(14)8-9/h3-4,8H,5-7,16H2,1-2H3. The molecule has 17 heavy (non-hydrogen) atoms. The average Bonchev–Trinajstić information content (AvgIpc) is 2.20. The van der Waals surface area contributed by atoms with Gasteiger partial charge in [0.2, 0.25) is 0 Å². The van der Waals surface area contributed by atoms with Crippen LogP contribution in [-0.4, -0.2) is 11.3 Å². The highest BCUT2D eigenvalue weighted by molar-refractivity contribution is 9.10. The topological polar surface area (TPSA) is 43.1 Å². The minimum Gasteiger partial charge on any atom is -0.326 e. The lowest BCUT2D eigenvalue weighted by molar-refractivity contribution is -0.118. The Hall–Kier alpha value is -0.740. The van der Waals surface area contributed by atoms with Gasteiger partial charge in [-0.2, -0.15) is 0 Å². The molecule has 0 aromatic heterocycles. The van der Waals surface area contributed by atoms with Gasteiger partial charge in [-0.3, -0.25) is 4.79 Å². The zero-order chi connectivity index (χ0) is 13.1. The third-order valence-corrected chi connectivity index (χ3v) is 3.04. The molecule has 0 aliphatic carbocycles. The van der Waals surface area contributed by atoms with Crippen LogP contribution in [-0.2, 0) is 11.2 Å². The summed E-state index contributed by atoms with van der Waals surface area (Å²) in [5.41, 5.74) is 6.31. The number of Topliss-reactive ketones (excluding diaryl/α,β-unsaturated/α-hetero) is 1. The van der Waals surface area contributed by atoms with Gasteiger partial charge < -0.3 is 5.73 Å². The van der Waals surface area contributed by atoms with E-state index < -0.39 is 0 Å². The molecule has 94 valence electrons. The smallest absolute Gasteiger partial charge is 0.137 e. The van der Waals surface area contributed by atoms with Crippen molar-refractivity contribution in [1.82, 2.24) is 0 Å². The van der Waals surface area contributed by atoms with E-state index in [-0.39, 0.29) is 17.1 Å². The second-order valence-corrected chi connectivity index (χ2v) is 5.81. The van der Waals surface area contributed by atoms with Crippen molar-refractivity contribution in [3.63, 3.8) is 0 Å². The van der Waals surface area contributed by atoms with Crippen molar-refractivity contribution in [3.8, 4) is 0 Å². The maximum atomic E-state index is 13.0. The van der Waals surface area contributed by atoms with Gasteiger partial charge in [-0.1, -0.05) is 6.07 Å². The van der Waals surface area contributed by atoms with Crippen molar-refractivity contribution in [2.75, 3.05) is 0 Å². The summed E-state index contributed by atoms with van der Waals surface area (Å²) in [5.74, 6) is -0.189. The second kappa shape index (κ2) is 5.74. The monoisotopic (exact) mass is 301 g/mol. The van der Waals surface area contributed by atoms with Crippen molar-refractivity contribution in [1.29, 1.82) is 0 Å². The first-order chi connectivity index (χ1) is 7.78. The highest BCUT2D eigenvalue weighted by atomic mass is 79.9. The molecule has 0 saturated carbocycles. The summed E-state index contributed by atoms with van der Waals surface area (Å²) < 4.78 is 13.4. The van der Waals surface area contributed by atoms with E-state index in [2.05, 4.69) is 15.9 Å². The molecule has 1 rings (SSSR count). The van der Waals surface area contributed by atoms with Gasteiger partial charge >= 0.3 is 0 Å². The minimum atomic E-state index is -0.320. The van der Waals surface area contributed by atoms with E-state index in [0.29, 0.717) is 23.7 Å². The molecule has 0 unspecified atom stereocenters. The molecule has 0 aliphatic heterocycles. The molecule has 1 aromatic rings. The highest BCUT2D eigenvalue weighted by Crippen LogP contribution is 2.18. The Balaban J connectivity index is 2.54. The number of halogens is 2. The molecule has 2 nitrogen and oxygen atoms in total. The van der Waals surface area contributed by atoms with Crippen LogP contribution in [0.1, 0.15) is 32.3 Å². The summed E-state index contributed by atoms with van der Waals surface area (Å²) in [6.45, 7) is 3.80. The Bertz CT molecular complexity index is 412. The molecule has 2 N–H and O–H groups in total. The SMILES string of the molecule is CC(C)(N)CCC(=O)Cc1ccc(F)c(Br)c1. The number of nitrogens with two attached hydrogens (primary N) is 1. The van der Waals surface area contributed by atoms with Crippen molar-refractivity contribution >= 4 is 21.7 Å².